The van der Waals surface area contributed by atoms with E-state index in [9.17, 15) is 19.2 Å². The molecule has 46 heavy (non-hydrogen) atoms. The fourth-order valence-corrected chi connectivity index (χ4v) is 5.59. The van der Waals surface area contributed by atoms with Gasteiger partial charge < -0.3 is 34.2 Å². The van der Waals surface area contributed by atoms with Crippen LogP contribution in [-0.4, -0.2) is 61.2 Å². The second kappa shape index (κ2) is 21.5. The second-order valence-corrected chi connectivity index (χ2v) is 12.1. The minimum Gasteiger partial charge on any atom is -0.463 e. The summed E-state index contributed by atoms with van der Waals surface area (Å²) < 4.78 is 33.7. The smallest absolute Gasteiger partial charge is 0.303 e. The number of anilines is 1. The van der Waals surface area contributed by atoms with Crippen LogP contribution in [0.3, 0.4) is 0 Å². The van der Waals surface area contributed by atoms with Crippen LogP contribution < -0.4 is 10.5 Å². The van der Waals surface area contributed by atoms with Crippen molar-refractivity contribution in [1.82, 2.24) is 0 Å². The molecule has 0 spiro atoms. The van der Waals surface area contributed by atoms with Crippen LogP contribution in [0.2, 0.25) is 0 Å². The zero-order valence-electron chi connectivity index (χ0n) is 28.4. The van der Waals surface area contributed by atoms with Gasteiger partial charge in [0.1, 0.15) is 18.5 Å². The Morgan fingerprint density at radius 3 is 1.70 bits per heavy atom. The van der Waals surface area contributed by atoms with Crippen LogP contribution in [0.4, 0.5) is 5.69 Å². The Morgan fingerprint density at radius 1 is 0.674 bits per heavy atom. The van der Waals surface area contributed by atoms with Gasteiger partial charge in [0.25, 0.3) is 0 Å². The minimum absolute atomic E-state index is 0.285. The molecular weight excluding hydrogens is 594 g/mol. The summed E-state index contributed by atoms with van der Waals surface area (Å²) in [7, 11) is 0. The van der Waals surface area contributed by atoms with E-state index in [2.05, 4.69) is 6.92 Å². The van der Waals surface area contributed by atoms with E-state index in [1.807, 2.05) is 12.1 Å². The Labute approximate surface area is 274 Å². The fourth-order valence-electron chi connectivity index (χ4n) is 5.59. The van der Waals surface area contributed by atoms with Crippen molar-refractivity contribution in [3.05, 3.63) is 23.8 Å². The van der Waals surface area contributed by atoms with Crippen LogP contribution in [0.1, 0.15) is 124 Å². The van der Waals surface area contributed by atoms with Crippen LogP contribution in [0, 0.1) is 0 Å². The highest BCUT2D eigenvalue weighted by molar-refractivity contribution is 5.68. The third-order valence-corrected chi connectivity index (χ3v) is 7.84. The molecule has 0 aliphatic carbocycles. The van der Waals surface area contributed by atoms with Gasteiger partial charge in [0.15, 0.2) is 12.2 Å². The lowest BCUT2D eigenvalue weighted by Crippen LogP contribution is -2.63. The molecule has 11 nitrogen and oxygen atoms in total. The molecule has 1 saturated heterocycles. The molecule has 11 heteroatoms. The molecule has 1 fully saturated rings. The second-order valence-electron chi connectivity index (χ2n) is 12.1. The predicted molar refractivity (Wildman–Crippen MR) is 173 cm³/mol. The van der Waals surface area contributed by atoms with Crippen LogP contribution in [0.25, 0.3) is 0 Å². The molecule has 0 bridgehead atoms. The molecule has 2 rings (SSSR count). The first-order valence-corrected chi connectivity index (χ1v) is 16.9. The maximum absolute atomic E-state index is 12.1. The molecular formula is C35H55NO10. The largest absolute Gasteiger partial charge is 0.463 e. The minimum atomic E-state index is -1.34. The van der Waals surface area contributed by atoms with E-state index in [0.29, 0.717) is 5.69 Å². The molecule has 0 aromatic heterocycles. The molecule has 1 aromatic rings. The number of hydrogen-bond donors (Lipinski definition) is 1. The number of aryl methyl sites for hydroxylation is 1. The lowest BCUT2D eigenvalue weighted by atomic mass is 9.98. The Morgan fingerprint density at radius 2 is 1.17 bits per heavy atom. The van der Waals surface area contributed by atoms with Crippen LogP contribution in [-0.2, 0) is 49.3 Å². The maximum Gasteiger partial charge on any atom is 0.303 e. The molecule has 1 aliphatic heterocycles. The average Bonchev–Trinajstić information content (AvgIpc) is 2.98. The summed E-state index contributed by atoms with van der Waals surface area (Å²) in [5, 5.41) is 0. The number of nitrogen functional groups attached to an aromatic ring is 1. The van der Waals surface area contributed by atoms with E-state index in [1.165, 1.54) is 98.3 Å². The summed E-state index contributed by atoms with van der Waals surface area (Å²) in [4.78, 5) is 47.8. The zero-order chi connectivity index (χ0) is 33.9. The monoisotopic (exact) mass is 649 g/mol. The maximum atomic E-state index is 12.1. The average molecular weight is 650 g/mol. The SMILES string of the molecule is CCCCCCCCCCCCCCCc1ccc(N)c(OC2OC(COC(C)=O)C(OC(C)=O)C(OC(C)=O)C2OC(C)=O)c1. The quantitative estimate of drug-likeness (QED) is 0.0685. The van der Waals surface area contributed by atoms with Gasteiger partial charge in [0, 0.05) is 27.7 Å². The molecule has 0 saturated carbocycles. The number of esters is 4. The molecule has 1 aliphatic rings. The number of carbonyl (C=O) groups is 4. The first-order valence-electron chi connectivity index (χ1n) is 16.9. The van der Waals surface area contributed by atoms with Crippen LogP contribution >= 0.6 is 0 Å². The Bertz CT molecular complexity index is 1090. The van der Waals surface area contributed by atoms with Gasteiger partial charge in [-0.15, -0.1) is 0 Å². The Kier molecular flexibility index (Phi) is 18.1. The number of benzene rings is 1. The van der Waals surface area contributed by atoms with Gasteiger partial charge in [0.05, 0.1) is 5.69 Å². The molecule has 5 unspecified atom stereocenters. The van der Waals surface area contributed by atoms with E-state index >= 15 is 0 Å². The highest BCUT2D eigenvalue weighted by atomic mass is 16.7. The first kappa shape index (κ1) is 38.8. The normalized spacial score (nSPS) is 20.8. The predicted octanol–water partition coefficient (Wildman–Crippen LogP) is 6.36. The highest BCUT2D eigenvalue weighted by Crippen LogP contribution is 2.33. The summed E-state index contributed by atoms with van der Waals surface area (Å²) in [6.07, 6.45) is 11.1. The number of rotatable bonds is 21. The third-order valence-electron chi connectivity index (χ3n) is 7.84. The van der Waals surface area contributed by atoms with Crippen molar-refractivity contribution in [3.8, 4) is 5.75 Å². The van der Waals surface area contributed by atoms with Crippen LogP contribution in [0.15, 0.2) is 18.2 Å². The van der Waals surface area contributed by atoms with E-state index in [4.69, 9.17) is 34.2 Å². The number of ether oxygens (including phenoxy) is 6. The van der Waals surface area contributed by atoms with Crippen LogP contribution in [0.5, 0.6) is 5.75 Å². The van der Waals surface area contributed by atoms with E-state index in [-0.39, 0.29) is 12.4 Å². The van der Waals surface area contributed by atoms with Gasteiger partial charge in [-0.25, -0.2) is 0 Å². The molecule has 5 atom stereocenters. The van der Waals surface area contributed by atoms with Crippen molar-refractivity contribution in [2.75, 3.05) is 12.3 Å². The van der Waals surface area contributed by atoms with Gasteiger partial charge in [0.2, 0.25) is 12.4 Å². The molecule has 260 valence electrons. The van der Waals surface area contributed by atoms with E-state index in [1.54, 1.807) is 6.07 Å². The molecule has 1 heterocycles. The lowest BCUT2D eigenvalue weighted by molar-refractivity contribution is -0.288. The molecule has 1 aromatic carbocycles. The van der Waals surface area contributed by atoms with Crippen molar-refractivity contribution in [2.24, 2.45) is 0 Å². The van der Waals surface area contributed by atoms with Gasteiger partial charge in [-0.3, -0.25) is 19.2 Å². The number of unbranched alkanes of at least 4 members (excludes halogenated alkanes) is 12. The fraction of sp³-hybridized carbons (Fsp3) is 0.714. The molecule has 2 N–H and O–H groups in total. The Balaban J connectivity index is 2.03. The highest BCUT2D eigenvalue weighted by Gasteiger charge is 2.53. The van der Waals surface area contributed by atoms with Crippen molar-refractivity contribution < 1.29 is 47.6 Å². The number of nitrogens with two attached hydrogens (primary N) is 1. The summed E-state index contributed by atoms with van der Waals surface area (Å²) in [6, 6.07) is 5.48. The van der Waals surface area contributed by atoms with Crippen molar-refractivity contribution in [2.45, 2.75) is 155 Å². The van der Waals surface area contributed by atoms with Gasteiger partial charge in [-0.1, -0.05) is 90.0 Å². The summed E-state index contributed by atoms with van der Waals surface area (Å²) in [5.41, 5.74) is 7.59. The van der Waals surface area contributed by atoms with Gasteiger partial charge in [-0.05, 0) is 30.5 Å². The van der Waals surface area contributed by atoms with E-state index in [0.717, 1.165) is 24.8 Å². The lowest BCUT2D eigenvalue weighted by Gasteiger charge is -2.44. The van der Waals surface area contributed by atoms with Gasteiger partial charge in [-0.2, -0.15) is 0 Å². The summed E-state index contributed by atoms with van der Waals surface area (Å²) in [5.74, 6) is -2.44. The van der Waals surface area contributed by atoms with E-state index < -0.39 is 54.6 Å². The van der Waals surface area contributed by atoms with Crippen molar-refractivity contribution >= 4 is 29.6 Å². The zero-order valence-corrected chi connectivity index (χ0v) is 28.4. The van der Waals surface area contributed by atoms with Crippen molar-refractivity contribution in [1.29, 1.82) is 0 Å². The Hall–Kier alpha value is -3.34. The topological polar surface area (TPSA) is 150 Å². The molecule has 0 amide bonds. The molecule has 0 radical (unpaired) electrons. The number of carbonyl (C=O) groups excluding carboxylic acids is 4. The number of hydrogen-bond acceptors (Lipinski definition) is 11. The summed E-state index contributed by atoms with van der Waals surface area (Å²) in [6.45, 7) is 6.64. The standard InChI is InChI=1S/C35H55NO10/c1-6-7-8-9-10-11-12-13-14-15-16-17-18-19-28-20-21-29(36)30(22-28)45-35-34(44-27(5)40)33(43-26(4)39)32(42-25(3)38)31(46-35)23-41-24(2)37/h20-22,31-35H,6-19,23,36H2,1-5H3. The van der Waals surface area contributed by atoms with Gasteiger partial charge >= 0.3 is 23.9 Å². The summed E-state index contributed by atoms with van der Waals surface area (Å²) >= 11 is 0. The first-order chi connectivity index (χ1) is 22.0. The van der Waals surface area contributed by atoms with Crippen molar-refractivity contribution in [3.63, 3.8) is 0 Å². The third kappa shape index (κ3) is 14.8.